The Labute approximate surface area is 96.9 Å². The van der Waals surface area contributed by atoms with Crippen molar-refractivity contribution in [1.29, 1.82) is 0 Å². The average Bonchev–Trinajstić information content (AvgIpc) is 2.66. The van der Waals surface area contributed by atoms with Crippen LogP contribution < -0.4 is 0 Å². The molecule has 1 aliphatic carbocycles. The van der Waals surface area contributed by atoms with E-state index in [2.05, 4.69) is 18.8 Å². The first-order valence-electron chi connectivity index (χ1n) is 6.18. The molecule has 1 fully saturated rings. The van der Waals surface area contributed by atoms with Crippen molar-refractivity contribution in [3.05, 3.63) is 18.7 Å². The maximum Gasteiger partial charge on any atom is 0.231 e. The summed E-state index contributed by atoms with van der Waals surface area (Å²) in [5.74, 6) is 2.65. The van der Waals surface area contributed by atoms with Gasteiger partial charge in [-0.2, -0.15) is 0 Å². The molecule has 16 heavy (non-hydrogen) atoms. The lowest BCUT2D eigenvalue weighted by Crippen LogP contribution is -2.28. The highest BCUT2D eigenvalue weighted by Gasteiger charge is 2.30. The van der Waals surface area contributed by atoms with Gasteiger partial charge in [0.25, 0.3) is 0 Å². The molecular formula is C13H20N2O. The zero-order chi connectivity index (χ0) is 11.5. The molecule has 0 spiro atoms. The Hall–Kier alpha value is -1.12. The van der Waals surface area contributed by atoms with Gasteiger partial charge in [0.1, 0.15) is 6.33 Å². The second-order valence-corrected chi connectivity index (χ2v) is 5.24. The van der Waals surface area contributed by atoms with Crippen molar-refractivity contribution < 1.29 is 4.79 Å². The maximum absolute atomic E-state index is 11.7. The highest BCUT2D eigenvalue weighted by molar-refractivity contribution is 5.78. The molecule has 1 heterocycles. The van der Waals surface area contributed by atoms with Crippen LogP contribution in [0, 0.1) is 17.8 Å². The molecule has 3 nitrogen and oxygen atoms in total. The summed E-state index contributed by atoms with van der Waals surface area (Å²) in [5.41, 5.74) is 0. The molecule has 0 radical (unpaired) electrons. The largest absolute Gasteiger partial charge is 0.276 e. The van der Waals surface area contributed by atoms with Crippen molar-refractivity contribution in [2.75, 3.05) is 0 Å². The molecule has 2 rings (SSSR count). The lowest BCUT2D eigenvalue weighted by molar-refractivity contribution is 0.0848. The van der Waals surface area contributed by atoms with Crippen molar-refractivity contribution in [3.63, 3.8) is 0 Å². The zero-order valence-corrected chi connectivity index (χ0v) is 10.1. The van der Waals surface area contributed by atoms with Crippen LogP contribution in [0.3, 0.4) is 0 Å². The number of hydrogen-bond donors (Lipinski definition) is 0. The number of rotatable bonds is 4. The third-order valence-electron chi connectivity index (χ3n) is 3.77. The quantitative estimate of drug-likeness (QED) is 0.781. The second kappa shape index (κ2) is 4.81. The number of aromatic nitrogens is 2. The summed E-state index contributed by atoms with van der Waals surface area (Å²) in [7, 11) is 0. The smallest absolute Gasteiger partial charge is 0.231 e. The maximum atomic E-state index is 11.7. The van der Waals surface area contributed by atoms with Gasteiger partial charge in [-0.1, -0.05) is 13.8 Å². The van der Waals surface area contributed by atoms with Gasteiger partial charge in [-0.15, -0.1) is 0 Å². The molecule has 3 heteroatoms. The molecular weight excluding hydrogens is 200 g/mol. The fourth-order valence-corrected chi connectivity index (χ4v) is 2.43. The van der Waals surface area contributed by atoms with Gasteiger partial charge in [-0.25, -0.2) is 4.98 Å². The highest BCUT2D eigenvalue weighted by Crippen LogP contribution is 2.41. The molecule has 0 amide bonds. The molecule has 1 saturated carbocycles. The van der Waals surface area contributed by atoms with E-state index in [1.54, 1.807) is 23.3 Å². The highest BCUT2D eigenvalue weighted by atomic mass is 16.2. The van der Waals surface area contributed by atoms with Gasteiger partial charge < -0.3 is 0 Å². The van der Waals surface area contributed by atoms with E-state index in [-0.39, 0.29) is 5.91 Å². The van der Waals surface area contributed by atoms with E-state index in [1.807, 2.05) is 0 Å². The number of hydrogen-bond acceptors (Lipinski definition) is 2. The lowest BCUT2D eigenvalue weighted by atomic mass is 9.68. The van der Waals surface area contributed by atoms with Crippen molar-refractivity contribution in [3.8, 4) is 0 Å². The van der Waals surface area contributed by atoms with E-state index in [0.717, 1.165) is 24.2 Å². The van der Waals surface area contributed by atoms with Gasteiger partial charge in [-0.05, 0) is 37.0 Å². The van der Waals surface area contributed by atoms with E-state index in [0.29, 0.717) is 6.42 Å². The Balaban J connectivity index is 1.68. The average molecular weight is 220 g/mol. The number of nitrogens with zero attached hydrogens (tertiary/aromatic N) is 2. The Kier molecular flexibility index (Phi) is 3.42. The molecule has 1 aromatic rings. The molecule has 88 valence electrons. The van der Waals surface area contributed by atoms with Crippen LogP contribution in [0.4, 0.5) is 0 Å². The van der Waals surface area contributed by atoms with Gasteiger partial charge in [0.05, 0.1) is 0 Å². The molecule has 0 aromatic carbocycles. The van der Waals surface area contributed by atoms with Crippen LogP contribution >= 0.6 is 0 Å². The molecule has 0 aliphatic heterocycles. The minimum absolute atomic E-state index is 0.172. The number of carbonyl (C=O) groups is 1. The fourth-order valence-electron chi connectivity index (χ4n) is 2.43. The summed E-state index contributed by atoms with van der Waals surface area (Å²) in [6.07, 6.45) is 9.28. The predicted molar refractivity (Wildman–Crippen MR) is 63.1 cm³/mol. The SMILES string of the molecule is CC(C)C1CC(CCC(=O)n2ccnc2)C1. The summed E-state index contributed by atoms with van der Waals surface area (Å²) in [6, 6.07) is 0. The van der Waals surface area contributed by atoms with Gasteiger partial charge >= 0.3 is 0 Å². The van der Waals surface area contributed by atoms with Crippen molar-refractivity contribution >= 4 is 5.91 Å². The Bertz CT molecular complexity index is 337. The summed E-state index contributed by atoms with van der Waals surface area (Å²) in [5, 5.41) is 0. The molecule has 0 bridgehead atoms. The van der Waals surface area contributed by atoms with E-state index in [4.69, 9.17) is 0 Å². The summed E-state index contributed by atoms with van der Waals surface area (Å²) in [6.45, 7) is 4.58. The van der Waals surface area contributed by atoms with Crippen LogP contribution in [0.25, 0.3) is 0 Å². The summed E-state index contributed by atoms with van der Waals surface area (Å²) < 4.78 is 1.58. The predicted octanol–water partition coefficient (Wildman–Crippen LogP) is 2.99. The van der Waals surface area contributed by atoms with Crippen LogP contribution in [0.1, 0.15) is 44.3 Å². The van der Waals surface area contributed by atoms with E-state index in [1.165, 1.54) is 12.8 Å². The first kappa shape index (κ1) is 11.4. The fraction of sp³-hybridized carbons (Fsp3) is 0.692. The van der Waals surface area contributed by atoms with Gasteiger partial charge in [0, 0.05) is 18.8 Å². The molecule has 0 saturated heterocycles. The van der Waals surface area contributed by atoms with E-state index in [9.17, 15) is 4.79 Å². The standard InChI is InChI=1S/C13H20N2O/c1-10(2)12-7-11(8-12)3-4-13(16)15-6-5-14-9-15/h5-6,9-12H,3-4,7-8H2,1-2H3. The topological polar surface area (TPSA) is 34.9 Å². The van der Waals surface area contributed by atoms with E-state index < -0.39 is 0 Å². The first-order valence-corrected chi connectivity index (χ1v) is 6.18. The molecule has 0 N–H and O–H groups in total. The first-order chi connectivity index (χ1) is 7.66. The summed E-state index contributed by atoms with van der Waals surface area (Å²) >= 11 is 0. The Morgan fingerprint density at radius 2 is 2.25 bits per heavy atom. The van der Waals surface area contributed by atoms with Gasteiger partial charge in [0.2, 0.25) is 5.91 Å². The van der Waals surface area contributed by atoms with Gasteiger partial charge in [0.15, 0.2) is 0 Å². The van der Waals surface area contributed by atoms with Crippen LogP contribution in [-0.4, -0.2) is 15.5 Å². The molecule has 0 unspecified atom stereocenters. The van der Waals surface area contributed by atoms with Gasteiger partial charge in [-0.3, -0.25) is 9.36 Å². The van der Waals surface area contributed by atoms with Crippen LogP contribution in [0.5, 0.6) is 0 Å². The van der Waals surface area contributed by atoms with Crippen LogP contribution in [-0.2, 0) is 0 Å². The number of carbonyl (C=O) groups excluding carboxylic acids is 1. The Morgan fingerprint density at radius 3 is 2.81 bits per heavy atom. The van der Waals surface area contributed by atoms with Crippen LogP contribution in [0.15, 0.2) is 18.7 Å². The Morgan fingerprint density at radius 1 is 1.50 bits per heavy atom. The van der Waals surface area contributed by atoms with E-state index >= 15 is 0 Å². The third kappa shape index (κ3) is 2.52. The number of imidazole rings is 1. The zero-order valence-electron chi connectivity index (χ0n) is 10.1. The minimum Gasteiger partial charge on any atom is -0.276 e. The summed E-state index contributed by atoms with van der Waals surface area (Å²) in [4.78, 5) is 15.6. The monoisotopic (exact) mass is 220 g/mol. The normalized spacial score (nSPS) is 24.4. The minimum atomic E-state index is 0.172. The molecule has 1 aliphatic rings. The molecule has 0 atom stereocenters. The van der Waals surface area contributed by atoms with Crippen molar-refractivity contribution in [1.82, 2.24) is 9.55 Å². The second-order valence-electron chi connectivity index (χ2n) is 5.24. The molecule has 1 aromatic heterocycles. The third-order valence-corrected chi connectivity index (χ3v) is 3.77. The van der Waals surface area contributed by atoms with Crippen LogP contribution in [0.2, 0.25) is 0 Å². The van der Waals surface area contributed by atoms with Crippen molar-refractivity contribution in [2.24, 2.45) is 17.8 Å². The van der Waals surface area contributed by atoms with Crippen molar-refractivity contribution in [2.45, 2.75) is 39.5 Å². The lowest BCUT2D eigenvalue weighted by Gasteiger charge is -2.38.